The van der Waals surface area contributed by atoms with Gasteiger partial charge in [0, 0.05) is 5.39 Å². The summed E-state index contributed by atoms with van der Waals surface area (Å²) >= 11 is 18.1. The molecule has 17 heavy (non-hydrogen) atoms. The molecule has 0 aliphatic rings. The average Bonchev–Trinajstić information content (AvgIpc) is 2.70. The molecule has 1 atom stereocenters. The topological polar surface area (TPSA) is 39.2 Å². The predicted octanol–water partition coefficient (Wildman–Crippen LogP) is 5.05. The molecule has 1 unspecified atom stereocenters. The first-order chi connectivity index (χ1) is 7.91. The molecule has 0 spiro atoms. The fraction of sp³-hybridized carbons (Fsp3) is 0.333. The van der Waals surface area contributed by atoms with E-state index in [0.717, 1.165) is 0 Å². The van der Waals surface area contributed by atoms with Crippen LogP contribution in [0.15, 0.2) is 16.5 Å². The van der Waals surface area contributed by atoms with E-state index in [2.05, 4.69) is 0 Å². The summed E-state index contributed by atoms with van der Waals surface area (Å²) in [7, 11) is 0. The Hall–Kier alpha value is -0.410. The maximum absolute atomic E-state index is 6.10. The molecule has 1 heterocycles. The summed E-state index contributed by atoms with van der Waals surface area (Å²) < 4.78 is 5.66. The summed E-state index contributed by atoms with van der Waals surface area (Å²) in [6.45, 7) is 4.04. The van der Waals surface area contributed by atoms with Gasteiger partial charge in [0.2, 0.25) is 0 Å². The minimum atomic E-state index is -0.187. The molecule has 0 aliphatic carbocycles. The molecule has 0 amide bonds. The third-order valence-corrected chi connectivity index (χ3v) is 3.80. The van der Waals surface area contributed by atoms with Crippen molar-refractivity contribution < 1.29 is 4.42 Å². The SMILES string of the molecule is CC(C)C(N)c1cc2c(Cl)c(Cl)cc(Cl)c2o1. The van der Waals surface area contributed by atoms with Crippen LogP contribution >= 0.6 is 34.8 Å². The van der Waals surface area contributed by atoms with Crippen LogP contribution in [0.1, 0.15) is 25.6 Å². The number of halogens is 3. The Labute approximate surface area is 115 Å². The van der Waals surface area contributed by atoms with E-state index < -0.39 is 0 Å². The van der Waals surface area contributed by atoms with Gasteiger partial charge in [-0.05, 0) is 18.1 Å². The predicted molar refractivity (Wildman–Crippen MR) is 73.0 cm³/mol. The van der Waals surface area contributed by atoms with Gasteiger partial charge in [0.15, 0.2) is 5.58 Å². The molecule has 0 saturated heterocycles. The molecular formula is C12H12Cl3NO. The summed E-state index contributed by atoms with van der Waals surface area (Å²) in [5, 5.41) is 2.00. The highest BCUT2D eigenvalue weighted by molar-refractivity contribution is 6.47. The Morgan fingerprint density at radius 3 is 2.35 bits per heavy atom. The van der Waals surface area contributed by atoms with E-state index in [1.165, 1.54) is 0 Å². The molecule has 0 aliphatic heterocycles. The van der Waals surface area contributed by atoms with Crippen LogP contribution in [0.5, 0.6) is 0 Å². The molecule has 0 radical (unpaired) electrons. The number of hydrogen-bond acceptors (Lipinski definition) is 2. The summed E-state index contributed by atoms with van der Waals surface area (Å²) in [5.41, 5.74) is 6.56. The van der Waals surface area contributed by atoms with Gasteiger partial charge >= 0.3 is 0 Å². The largest absolute Gasteiger partial charge is 0.458 e. The molecule has 2 nitrogen and oxygen atoms in total. The zero-order chi connectivity index (χ0) is 12.7. The van der Waals surface area contributed by atoms with Crippen molar-refractivity contribution in [3.05, 3.63) is 33.0 Å². The number of rotatable bonds is 2. The molecule has 1 aromatic carbocycles. The van der Waals surface area contributed by atoms with Crippen LogP contribution in [0.3, 0.4) is 0 Å². The first-order valence-corrected chi connectivity index (χ1v) is 6.37. The highest BCUT2D eigenvalue weighted by Crippen LogP contribution is 2.39. The van der Waals surface area contributed by atoms with Crippen molar-refractivity contribution in [1.82, 2.24) is 0 Å². The summed E-state index contributed by atoms with van der Waals surface area (Å²) in [5.74, 6) is 0.935. The molecule has 2 rings (SSSR count). The fourth-order valence-corrected chi connectivity index (χ4v) is 2.32. The van der Waals surface area contributed by atoms with Crippen molar-refractivity contribution in [3.63, 3.8) is 0 Å². The van der Waals surface area contributed by atoms with Crippen molar-refractivity contribution in [1.29, 1.82) is 0 Å². The molecule has 0 bridgehead atoms. The number of hydrogen-bond donors (Lipinski definition) is 1. The Morgan fingerprint density at radius 2 is 1.76 bits per heavy atom. The quantitative estimate of drug-likeness (QED) is 0.787. The maximum Gasteiger partial charge on any atom is 0.154 e. The van der Waals surface area contributed by atoms with Crippen LogP contribution in [-0.4, -0.2) is 0 Å². The van der Waals surface area contributed by atoms with Crippen LogP contribution in [0.2, 0.25) is 15.1 Å². The normalized spacial score (nSPS) is 13.6. The lowest BCUT2D eigenvalue weighted by Gasteiger charge is -2.11. The maximum atomic E-state index is 6.10. The van der Waals surface area contributed by atoms with Crippen molar-refractivity contribution >= 4 is 45.8 Å². The first-order valence-electron chi connectivity index (χ1n) is 5.24. The van der Waals surface area contributed by atoms with E-state index >= 15 is 0 Å². The first kappa shape index (κ1) is 13.0. The number of fused-ring (bicyclic) bond motifs is 1. The molecule has 2 aromatic rings. The standard InChI is InChI=1S/C12H12Cl3NO/c1-5(2)11(16)9-3-6-10(15)7(13)4-8(14)12(6)17-9/h3-5,11H,16H2,1-2H3. The van der Waals surface area contributed by atoms with Gasteiger partial charge in [-0.25, -0.2) is 0 Å². The third kappa shape index (κ3) is 2.27. The van der Waals surface area contributed by atoms with Gasteiger partial charge in [-0.3, -0.25) is 0 Å². The third-order valence-electron chi connectivity index (χ3n) is 2.71. The summed E-state index contributed by atoms with van der Waals surface area (Å²) in [4.78, 5) is 0. The Balaban J connectivity index is 2.65. The second-order valence-electron chi connectivity index (χ2n) is 4.32. The fourth-order valence-electron chi connectivity index (χ4n) is 1.61. The van der Waals surface area contributed by atoms with Crippen LogP contribution in [0.25, 0.3) is 11.0 Å². The molecule has 1 aromatic heterocycles. The Morgan fingerprint density at radius 1 is 1.12 bits per heavy atom. The molecule has 92 valence electrons. The summed E-state index contributed by atoms with van der Waals surface area (Å²) in [6, 6.07) is 3.19. The van der Waals surface area contributed by atoms with Gasteiger partial charge in [-0.1, -0.05) is 48.7 Å². The lowest BCUT2D eigenvalue weighted by atomic mass is 10.0. The molecular weight excluding hydrogens is 280 g/mol. The van der Waals surface area contributed by atoms with Gasteiger partial charge < -0.3 is 10.2 Å². The van der Waals surface area contributed by atoms with Crippen molar-refractivity contribution in [2.75, 3.05) is 0 Å². The lowest BCUT2D eigenvalue weighted by molar-refractivity contribution is 0.418. The van der Waals surface area contributed by atoms with Gasteiger partial charge in [0.1, 0.15) is 5.76 Å². The van der Waals surface area contributed by atoms with E-state index in [1.807, 2.05) is 13.8 Å². The molecule has 0 saturated carbocycles. The lowest BCUT2D eigenvalue weighted by Crippen LogP contribution is -2.15. The molecule has 2 N–H and O–H groups in total. The van der Waals surface area contributed by atoms with Crippen molar-refractivity contribution in [3.8, 4) is 0 Å². The Kier molecular flexibility index (Phi) is 3.60. The van der Waals surface area contributed by atoms with Gasteiger partial charge in [0.25, 0.3) is 0 Å². The number of benzene rings is 1. The Bertz CT molecular complexity index is 562. The molecule has 0 fully saturated rings. The van der Waals surface area contributed by atoms with Crippen molar-refractivity contribution in [2.45, 2.75) is 19.9 Å². The van der Waals surface area contributed by atoms with E-state index in [9.17, 15) is 0 Å². The van der Waals surface area contributed by atoms with Crippen LogP contribution < -0.4 is 5.73 Å². The van der Waals surface area contributed by atoms with Crippen LogP contribution in [0, 0.1) is 5.92 Å². The average molecular weight is 293 g/mol. The zero-order valence-electron chi connectivity index (χ0n) is 9.43. The second-order valence-corrected chi connectivity index (χ2v) is 5.51. The monoisotopic (exact) mass is 291 g/mol. The minimum absolute atomic E-state index is 0.187. The number of nitrogens with two attached hydrogens (primary N) is 1. The van der Waals surface area contributed by atoms with E-state index in [-0.39, 0.29) is 12.0 Å². The van der Waals surface area contributed by atoms with Gasteiger partial charge in [0.05, 0.1) is 21.1 Å². The van der Waals surface area contributed by atoms with Gasteiger partial charge in [-0.15, -0.1) is 0 Å². The zero-order valence-corrected chi connectivity index (χ0v) is 11.7. The number of furan rings is 1. The molecule has 5 heteroatoms. The second kappa shape index (κ2) is 4.69. The van der Waals surface area contributed by atoms with Gasteiger partial charge in [-0.2, -0.15) is 0 Å². The highest BCUT2D eigenvalue weighted by atomic mass is 35.5. The highest BCUT2D eigenvalue weighted by Gasteiger charge is 2.19. The van der Waals surface area contributed by atoms with E-state index in [4.69, 9.17) is 45.0 Å². The van der Waals surface area contributed by atoms with E-state index in [0.29, 0.717) is 31.8 Å². The smallest absolute Gasteiger partial charge is 0.154 e. The van der Waals surface area contributed by atoms with Crippen molar-refractivity contribution in [2.24, 2.45) is 11.7 Å². The summed E-state index contributed by atoms with van der Waals surface area (Å²) in [6.07, 6.45) is 0. The minimum Gasteiger partial charge on any atom is -0.458 e. The van der Waals surface area contributed by atoms with Crippen LogP contribution in [0.4, 0.5) is 0 Å². The van der Waals surface area contributed by atoms with E-state index in [1.54, 1.807) is 12.1 Å². The van der Waals surface area contributed by atoms with Crippen LogP contribution in [-0.2, 0) is 0 Å².